The Morgan fingerprint density at radius 1 is 1.50 bits per heavy atom. The van der Waals surface area contributed by atoms with Crippen LogP contribution in [0.1, 0.15) is 31.7 Å². The van der Waals surface area contributed by atoms with Crippen LogP contribution in [0.25, 0.3) is 0 Å². The molecule has 0 radical (unpaired) electrons. The molecule has 124 valence electrons. The van der Waals surface area contributed by atoms with E-state index >= 15 is 0 Å². The Kier molecular flexibility index (Phi) is 3.48. The number of amides is 1. The Balaban J connectivity index is 1.61. The van der Waals surface area contributed by atoms with E-state index in [9.17, 15) is 4.79 Å². The van der Waals surface area contributed by atoms with Crippen molar-refractivity contribution in [3.05, 3.63) is 11.9 Å². The van der Waals surface area contributed by atoms with E-state index in [0.29, 0.717) is 5.92 Å². The van der Waals surface area contributed by atoms with Crippen LogP contribution in [0.2, 0.25) is 0 Å². The molecule has 24 heavy (non-hydrogen) atoms. The third-order valence-corrected chi connectivity index (χ3v) is 5.65. The molecule has 2 saturated heterocycles. The Bertz CT molecular complexity index is 754. The van der Waals surface area contributed by atoms with Gasteiger partial charge in [-0.25, -0.2) is 15.0 Å². The topological polar surface area (TPSA) is 85.5 Å². The molecule has 2 fully saturated rings. The number of aliphatic imine (C=N–C) groups is 1. The minimum atomic E-state index is -0.163. The summed E-state index contributed by atoms with van der Waals surface area (Å²) in [7, 11) is 0. The van der Waals surface area contributed by atoms with Gasteiger partial charge in [-0.05, 0) is 18.8 Å². The summed E-state index contributed by atoms with van der Waals surface area (Å²) in [5.74, 6) is 2.10. The number of nitriles is 1. The fourth-order valence-corrected chi connectivity index (χ4v) is 4.34. The molecular weight excluding hydrogens is 304 g/mol. The first kappa shape index (κ1) is 15.1. The van der Waals surface area contributed by atoms with Gasteiger partial charge in [-0.3, -0.25) is 4.79 Å². The molecule has 1 aromatic heterocycles. The van der Waals surface area contributed by atoms with Crippen molar-refractivity contribution < 1.29 is 4.79 Å². The molecule has 7 nitrogen and oxygen atoms in total. The third-order valence-electron chi connectivity index (χ3n) is 5.65. The highest BCUT2D eigenvalue weighted by Crippen LogP contribution is 2.45. The second-order valence-electron chi connectivity index (χ2n) is 6.88. The van der Waals surface area contributed by atoms with Gasteiger partial charge in [-0.2, -0.15) is 5.26 Å². The van der Waals surface area contributed by atoms with Gasteiger partial charge in [-0.1, -0.05) is 6.92 Å². The summed E-state index contributed by atoms with van der Waals surface area (Å²) in [5.41, 5.74) is 0.917. The van der Waals surface area contributed by atoms with E-state index in [2.05, 4.69) is 26.8 Å². The lowest BCUT2D eigenvalue weighted by molar-refractivity contribution is -0.156. The van der Waals surface area contributed by atoms with E-state index < -0.39 is 0 Å². The smallest absolute Gasteiger partial charge is 0.237 e. The minimum Gasteiger partial charge on any atom is -0.354 e. The molecule has 1 spiro atoms. The molecule has 1 amide bonds. The Labute approximate surface area is 141 Å². The number of hydrogen-bond donors (Lipinski definition) is 0. The maximum atomic E-state index is 12.3. The zero-order chi connectivity index (χ0) is 16.7. The van der Waals surface area contributed by atoms with E-state index in [0.717, 1.165) is 56.1 Å². The van der Waals surface area contributed by atoms with E-state index in [1.165, 1.54) is 0 Å². The summed E-state index contributed by atoms with van der Waals surface area (Å²) in [5, 5.41) is 8.85. The van der Waals surface area contributed by atoms with Crippen LogP contribution in [0.3, 0.4) is 0 Å². The first-order valence-electron chi connectivity index (χ1n) is 8.44. The summed E-state index contributed by atoms with van der Waals surface area (Å²) in [6.07, 6.45) is 6.18. The van der Waals surface area contributed by atoms with Gasteiger partial charge >= 0.3 is 0 Å². The highest BCUT2D eigenvalue weighted by Gasteiger charge is 2.55. The van der Waals surface area contributed by atoms with Crippen molar-refractivity contribution in [1.82, 2.24) is 14.9 Å². The Morgan fingerprint density at radius 3 is 3.17 bits per heavy atom. The number of nitrogens with zero attached hydrogens (tertiary/aromatic N) is 6. The molecule has 3 aliphatic heterocycles. The monoisotopic (exact) mass is 324 g/mol. The molecular formula is C17H20N6O. The van der Waals surface area contributed by atoms with Crippen molar-refractivity contribution in [3.63, 3.8) is 0 Å². The molecule has 0 aliphatic carbocycles. The van der Waals surface area contributed by atoms with Crippen molar-refractivity contribution >= 4 is 23.8 Å². The van der Waals surface area contributed by atoms with Crippen molar-refractivity contribution in [2.45, 2.75) is 38.1 Å². The van der Waals surface area contributed by atoms with Crippen LogP contribution >= 0.6 is 0 Å². The van der Waals surface area contributed by atoms with Crippen molar-refractivity contribution in [1.29, 1.82) is 5.26 Å². The number of fused-ring (bicyclic) bond motifs is 1. The van der Waals surface area contributed by atoms with Crippen LogP contribution in [-0.4, -0.2) is 52.2 Å². The van der Waals surface area contributed by atoms with Crippen LogP contribution in [-0.2, 0) is 11.2 Å². The SMILES string of the molecule is CC1CN(C(=O)CC#N)C12CCCN(c1ncnc3c1CC=N3)C2. The van der Waals surface area contributed by atoms with Crippen molar-refractivity contribution in [2.75, 3.05) is 24.5 Å². The molecule has 4 heterocycles. The number of anilines is 1. The first-order chi connectivity index (χ1) is 11.7. The van der Waals surface area contributed by atoms with Crippen LogP contribution in [0.4, 0.5) is 11.6 Å². The molecule has 2 unspecified atom stereocenters. The lowest BCUT2D eigenvalue weighted by Crippen LogP contribution is -2.73. The van der Waals surface area contributed by atoms with E-state index in [1.807, 2.05) is 17.2 Å². The zero-order valence-electron chi connectivity index (χ0n) is 13.8. The second kappa shape index (κ2) is 5.55. The number of carbonyl (C=O) groups excluding carboxylic acids is 1. The highest BCUT2D eigenvalue weighted by molar-refractivity contribution is 5.81. The average molecular weight is 324 g/mol. The molecule has 0 aromatic carbocycles. The Morgan fingerprint density at radius 2 is 2.38 bits per heavy atom. The molecule has 0 bridgehead atoms. The van der Waals surface area contributed by atoms with Crippen molar-refractivity contribution in [2.24, 2.45) is 10.9 Å². The fourth-order valence-electron chi connectivity index (χ4n) is 4.34. The zero-order valence-corrected chi connectivity index (χ0v) is 13.8. The molecule has 1 aromatic rings. The maximum absolute atomic E-state index is 12.3. The molecule has 4 rings (SSSR count). The van der Waals surface area contributed by atoms with Crippen LogP contribution in [0.15, 0.2) is 11.3 Å². The maximum Gasteiger partial charge on any atom is 0.237 e. The van der Waals surface area contributed by atoms with Gasteiger partial charge in [0.1, 0.15) is 18.6 Å². The minimum absolute atomic E-state index is 0.0365. The second-order valence-corrected chi connectivity index (χ2v) is 6.88. The average Bonchev–Trinajstić information content (AvgIpc) is 3.08. The quantitative estimate of drug-likeness (QED) is 0.822. The predicted octanol–water partition coefficient (Wildman–Crippen LogP) is 1.47. The highest BCUT2D eigenvalue weighted by atomic mass is 16.2. The first-order valence-corrected chi connectivity index (χ1v) is 8.44. The van der Waals surface area contributed by atoms with Crippen LogP contribution in [0, 0.1) is 17.2 Å². The van der Waals surface area contributed by atoms with Crippen molar-refractivity contribution in [3.8, 4) is 6.07 Å². The molecule has 3 aliphatic rings. The summed E-state index contributed by atoms with van der Waals surface area (Å²) < 4.78 is 0. The number of aromatic nitrogens is 2. The molecule has 2 atom stereocenters. The van der Waals surface area contributed by atoms with Gasteiger partial charge in [0.05, 0.1) is 11.6 Å². The van der Waals surface area contributed by atoms with Gasteiger partial charge in [0.15, 0.2) is 5.82 Å². The number of hydrogen-bond acceptors (Lipinski definition) is 6. The molecule has 0 saturated carbocycles. The lowest BCUT2D eigenvalue weighted by atomic mass is 9.69. The number of piperidine rings is 1. The lowest BCUT2D eigenvalue weighted by Gasteiger charge is -2.61. The van der Waals surface area contributed by atoms with Crippen LogP contribution < -0.4 is 4.90 Å². The van der Waals surface area contributed by atoms with Gasteiger partial charge < -0.3 is 9.80 Å². The summed E-state index contributed by atoms with van der Waals surface area (Å²) in [6.45, 7) is 4.65. The van der Waals surface area contributed by atoms with Gasteiger partial charge in [0.25, 0.3) is 0 Å². The normalized spacial score (nSPS) is 27.8. The molecule has 0 N–H and O–H groups in total. The van der Waals surface area contributed by atoms with E-state index in [-0.39, 0.29) is 17.9 Å². The van der Waals surface area contributed by atoms with Gasteiger partial charge in [-0.15, -0.1) is 0 Å². The number of rotatable bonds is 2. The van der Waals surface area contributed by atoms with Crippen LogP contribution in [0.5, 0.6) is 0 Å². The summed E-state index contributed by atoms with van der Waals surface area (Å²) >= 11 is 0. The Hall–Kier alpha value is -2.49. The van der Waals surface area contributed by atoms with E-state index in [1.54, 1.807) is 6.33 Å². The summed E-state index contributed by atoms with van der Waals surface area (Å²) in [6, 6.07) is 1.99. The van der Waals surface area contributed by atoms with E-state index in [4.69, 9.17) is 5.26 Å². The summed E-state index contributed by atoms with van der Waals surface area (Å²) in [4.78, 5) is 29.6. The van der Waals surface area contributed by atoms with Gasteiger partial charge in [0, 0.05) is 37.8 Å². The standard InChI is InChI=1S/C17H20N6O/c1-12-9-23(14(24)3-6-18)17(12)5-2-8-22(10-17)16-13-4-7-19-15(13)20-11-21-16/h7,11-12H,2-5,8-10H2,1H3. The third kappa shape index (κ3) is 2.09. The largest absolute Gasteiger partial charge is 0.354 e. The fraction of sp³-hybridized carbons (Fsp3) is 0.588. The number of carbonyl (C=O) groups is 1. The molecule has 7 heteroatoms. The number of likely N-dealkylation sites (tertiary alicyclic amines) is 1. The predicted molar refractivity (Wildman–Crippen MR) is 89.2 cm³/mol. The van der Waals surface area contributed by atoms with Gasteiger partial charge in [0.2, 0.25) is 5.91 Å².